The summed E-state index contributed by atoms with van der Waals surface area (Å²) in [5.74, 6) is 1.50. The molecule has 1 N–H and O–H groups in total. The molecule has 2 aromatic rings. The van der Waals surface area contributed by atoms with Gasteiger partial charge in [-0.05, 0) is 18.6 Å². The summed E-state index contributed by atoms with van der Waals surface area (Å²) in [4.78, 5) is 20.5. The van der Waals surface area contributed by atoms with Crippen LogP contribution in [0, 0.1) is 6.92 Å². The van der Waals surface area contributed by atoms with E-state index in [9.17, 15) is 4.79 Å². The van der Waals surface area contributed by atoms with Gasteiger partial charge in [-0.25, -0.2) is 9.97 Å². The molecule has 2 aromatic heterocycles. The van der Waals surface area contributed by atoms with Crippen LogP contribution < -0.4 is 5.32 Å². The number of imidazole rings is 1. The number of carbonyl (C=O) groups is 1. The predicted octanol–water partition coefficient (Wildman–Crippen LogP) is 1.58. The minimum Gasteiger partial charge on any atom is -0.354 e. The predicted molar refractivity (Wildman–Crippen MR) is 73.4 cm³/mol. The van der Waals surface area contributed by atoms with Gasteiger partial charge in [0.05, 0.1) is 6.04 Å². The van der Waals surface area contributed by atoms with Crippen molar-refractivity contribution in [2.45, 2.75) is 25.8 Å². The summed E-state index contributed by atoms with van der Waals surface area (Å²) in [5, 5.41) is 2.86. The molecule has 0 bridgehead atoms. The number of amides is 1. The molecule has 1 fully saturated rings. The zero-order chi connectivity index (χ0) is 13.4. The summed E-state index contributed by atoms with van der Waals surface area (Å²) in [6.45, 7) is 2.65. The van der Waals surface area contributed by atoms with E-state index in [1.807, 2.05) is 13.0 Å². The Hall–Kier alpha value is -1.62. The second-order valence-electron chi connectivity index (χ2n) is 4.80. The third-order valence-corrected chi connectivity index (χ3v) is 3.68. The highest BCUT2D eigenvalue weighted by atomic mass is 35.5. The molecule has 1 amide bonds. The van der Waals surface area contributed by atoms with Gasteiger partial charge in [0.15, 0.2) is 5.65 Å². The van der Waals surface area contributed by atoms with Crippen LogP contribution in [-0.2, 0) is 11.2 Å². The number of rotatable bonds is 3. The van der Waals surface area contributed by atoms with E-state index >= 15 is 0 Å². The highest BCUT2D eigenvalue weighted by molar-refractivity contribution is 6.17. The fraction of sp³-hybridized carbons (Fsp3) is 0.462. The molecule has 1 aliphatic heterocycles. The molecule has 19 heavy (non-hydrogen) atoms. The number of pyridine rings is 1. The Bertz CT molecular complexity index is 637. The highest BCUT2D eigenvalue weighted by Gasteiger charge is 2.27. The normalized spacial score (nSPS) is 19.1. The maximum atomic E-state index is 11.4. The van der Waals surface area contributed by atoms with Crippen molar-refractivity contribution in [3.8, 4) is 0 Å². The summed E-state index contributed by atoms with van der Waals surface area (Å²) < 4.78 is 2.07. The highest BCUT2D eigenvalue weighted by Crippen LogP contribution is 2.26. The molecule has 0 saturated carbocycles. The number of aromatic nitrogens is 3. The van der Waals surface area contributed by atoms with Gasteiger partial charge in [0.1, 0.15) is 11.3 Å². The number of nitrogens with one attached hydrogen (secondary N) is 1. The van der Waals surface area contributed by atoms with Crippen molar-refractivity contribution in [3.63, 3.8) is 0 Å². The number of alkyl halides is 1. The van der Waals surface area contributed by atoms with Crippen molar-refractivity contribution in [2.24, 2.45) is 0 Å². The van der Waals surface area contributed by atoms with Crippen LogP contribution in [0.25, 0.3) is 11.2 Å². The molecule has 0 aliphatic carbocycles. The van der Waals surface area contributed by atoms with Crippen molar-refractivity contribution in [2.75, 3.05) is 12.4 Å². The minimum absolute atomic E-state index is 0.0799. The fourth-order valence-electron chi connectivity index (χ4n) is 2.57. The molecule has 0 radical (unpaired) electrons. The number of aryl methyl sites for hydroxylation is 2. The SMILES string of the molecule is Cc1ccnc2c1nc(CCCl)n2C1CNC(=O)C1. The van der Waals surface area contributed by atoms with Gasteiger partial charge < -0.3 is 9.88 Å². The maximum Gasteiger partial charge on any atom is 0.222 e. The van der Waals surface area contributed by atoms with Crippen molar-refractivity contribution in [3.05, 3.63) is 23.7 Å². The number of halogens is 1. The third kappa shape index (κ3) is 2.08. The number of carbonyl (C=O) groups excluding carboxylic acids is 1. The first-order chi connectivity index (χ1) is 9.20. The quantitative estimate of drug-likeness (QED) is 0.867. The van der Waals surface area contributed by atoms with Crippen LogP contribution >= 0.6 is 11.6 Å². The smallest absolute Gasteiger partial charge is 0.222 e. The Labute approximate surface area is 116 Å². The van der Waals surface area contributed by atoms with Crippen LogP contribution in [-0.4, -0.2) is 32.9 Å². The van der Waals surface area contributed by atoms with Gasteiger partial charge in [-0.1, -0.05) is 0 Å². The van der Waals surface area contributed by atoms with E-state index in [1.54, 1.807) is 6.20 Å². The van der Waals surface area contributed by atoms with Crippen molar-refractivity contribution in [1.82, 2.24) is 19.9 Å². The van der Waals surface area contributed by atoms with E-state index in [4.69, 9.17) is 11.6 Å². The lowest BCUT2D eigenvalue weighted by Crippen LogP contribution is -2.17. The van der Waals surface area contributed by atoms with E-state index in [2.05, 4.69) is 19.9 Å². The van der Waals surface area contributed by atoms with Gasteiger partial charge in [0, 0.05) is 31.5 Å². The zero-order valence-electron chi connectivity index (χ0n) is 10.7. The molecule has 6 heteroatoms. The molecule has 100 valence electrons. The number of fused-ring (bicyclic) bond motifs is 1. The molecule has 1 aliphatic rings. The second-order valence-corrected chi connectivity index (χ2v) is 5.18. The van der Waals surface area contributed by atoms with Crippen LogP contribution in [0.15, 0.2) is 12.3 Å². The maximum absolute atomic E-state index is 11.4. The first kappa shape index (κ1) is 12.4. The summed E-state index contributed by atoms with van der Waals surface area (Å²) in [5.41, 5.74) is 2.85. The summed E-state index contributed by atoms with van der Waals surface area (Å²) in [7, 11) is 0. The van der Waals surface area contributed by atoms with Crippen LogP contribution in [0.3, 0.4) is 0 Å². The van der Waals surface area contributed by atoms with E-state index in [-0.39, 0.29) is 11.9 Å². The molecule has 1 atom stereocenters. The largest absolute Gasteiger partial charge is 0.354 e. The molecular formula is C13H15ClN4O. The first-order valence-electron chi connectivity index (χ1n) is 6.35. The van der Waals surface area contributed by atoms with E-state index in [0.717, 1.165) is 22.6 Å². The van der Waals surface area contributed by atoms with E-state index in [0.29, 0.717) is 25.3 Å². The molecule has 1 unspecified atom stereocenters. The Morgan fingerprint density at radius 1 is 1.58 bits per heavy atom. The minimum atomic E-state index is 0.0799. The number of hydrogen-bond acceptors (Lipinski definition) is 3. The van der Waals surface area contributed by atoms with E-state index < -0.39 is 0 Å². The lowest BCUT2D eigenvalue weighted by atomic mass is 10.2. The van der Waals surface area contributed by atoms with E-state index in [1.165, 1.54) is 0 Å². The lowest BCUT2D eigenvalue weighted by Gasteiger charge is -2.13. The van der Waals surface area contributed by atoms with Gasteiger partial charge in [-0.3, -0.25) is 4.79 Å². The molecular weight excluding hydrogens is 264 g/mol. The number of hydrogen-bond donors (Lipinski definition) is 1. The second kappa shape index (κ2) is 4.81. The molecule has 1 saturated heterocycles. The first-order valence-corrected chi connectivity index (χ1v) is 6.89. The molecule has 3 heterocycles. The molecule has 0 aromatic carbocycles. The Morgan fingerprint density at radius 3 is 3.11 bits per heavy atom. The third-order valence-electron chi connectivity index (χ3n) is 3.49. The molecule has 3 rings (SSSR count). The Kier molecular flexibility index (Phi) is 3.14. The standard InChI is InChI=1S/C13H15ClN4O/c1-8-3-5-15-13-12(8)17-10(2-4-14)18(13)9-6-11(19)16-7-9/h3,5,9H,2,4,6-7H2,1H3,(H,16,19). The Balaban J connectivity index is 2.16. The van der Waals surface area contributed by atoms with Gasteiger partial charge in [-0.15, -0.1) is 11.6 Å². The lowest BCUT2D eigenvalue weighted by molar-refractivity contribution is -0.119. The monoisotopic (exact) mass is 278 g/mol. The fourth-order valence-corrected chi connectivity index (χ4v) is 2.74. The van der Waals surface area contributed by atoms with Crippen LogP contribution in [0.2, 0.25) is 0 Å². The molecule has 0 spiro atoms. The summed E-state index contributed by atoms with van der Waals surface area (Å²) >= 11 is 5.85. The summed E-state index contributed by atoms with van der Waals surface area (Å²) in [6, 6.07) is 2.03. The molecule has 5 nitrogen and oxygen atoms in total. The van der Waals surface area contributed by atoms with Crippen LogP contribution in [0.1, 0.15) is 23.9 Å². The average Bonchev–Trinajstić information content (AvgIpc) is 2.94. The van der Waals surface area contributed by atoms with Crippen LogP contribution in [0.4, 0.5) is 0 Å². The van der Waals surface area contributed by atoms with Gasteiger partial charge in [0.2, 0.25) is 5.91 Å². The van der Waals surface area contributed by atoms with Crippen LogP contribution in [0.5, 0.6) is 0 Å². The van der Waals surface area contributed by atoms with Crippen molar-refractivity contribution < 1.29 is 4.79 Å². The Morgan fingerprint density at radius 2 is 2.42 bits per heavy atom. The average molecular weight is 279 g/mol. The van der Waals surface area contributed by atoms with Gasteiger partial charge in [-0.2, -0.15) is 0 Å². The van der Waals surface area contributed by atoms with Gasteiger partial charge >= 0.3 is 0 Å². The van der Waals surface area contributed by atoms with Crippen molar-refractivity contribution >= 4 is 28.7 Å². The van der Waals surface area contributed by atoms with Crippen molar-refractivity contribution in [1.29, 1.82) is 0 Å². The van der Waals surface area contributed by atoms with Gasteiger partial charge in [0.25, 0.3) is 0 Å². The zero-order valence-corrected chi connectivity index (χ0v) is 11.4. The summed E-state index contributed by atoms with van der Waals surface area (Å²) in [6.07, 6.45) is 2.95. The topological polar surface area (TPSA) is 59.8 Å². The number of nitrogens with zero attached hydrogens (tertiary/aromatic N) is 3.